The van der Waals surface area contributed by atoms with Gasteiger partial charge in [-0.3, -0.25) is 14.2 Å². The average Bonchev–Trinajstić information content (AvgIpc) is 2.75. The van der Waals surface area contributed by atoms with Gasteiger partial charge in [-0.25, -0.2) is 4.98 Å². The smallest absolute Gasteiger partial charge is 0.262 e. The Kier molecular flexibility index (Phi) is 7.65. The molecule has 0 aliphatic carbocycles. The van der Waals surface area contributed by atoms with E-state index in [4.69, 9.17) is 4.74 Å². The standard InChI is InChI=1S/C23H27N3O3S/c1-16-9-11-18(12-10-16)15-24-21(27)17(2)30-23-25-20-8-5-4-7-19(20)22(28)26(23)13-6-14-29-3/h4-5,7-12,17H,6,13-15H2,1-3H3,(H,24,27)/t17-/m0/s1. The van der Waals surface area contributed by atoms with Crippen molar-refractivity contribution in [2.24, 2.45) is 0 Å². The highest BCUT2D eigenvalue weighted by atomic mass is 32.2. The van der Waals surface area contributed by atoms with E-state index in [0.717, 1.165) is 5.56 Å². The molecule has 2 aromatic carbocycles. The van der Waals surface area contributed by atoms with Crippen LogP contribution in [0.2, 0.25) is 0 Å². The van der Waals surface area contributed by atoms with Gasteiger partial charge in [0.1, 0.15) is 0 Å². The number of aryl methyl sites for hydroxylation is 1. The monoisotopic (exact) mass is 425 g/mol. The summed E-state index contributed by atoms with van der Waals surface area (Å²) in [6.45, 7) is 5.37. The first-order valence-corrected chi connectivity index (χ1v) is 10.9. The molecule has 0 aliphatic rings. The number of methoxy groups -OCH3 is 1. The number of nitrogens with one attached hydrogen (secondary N) is 1. The number of carbonyl (C=O) groups excluding carboxylic acids is 1. The van der Waals surface area contributed by atoms with Gasteiger partial charge in [0.05, 0.1) is 16.2 Å². The Hall–Kier alpha value is -2.64. The fraction of sp³-hybridized carbons (Fsp3) is 0.348. The molecule has 1 atom stereocenters. The molecule has 0 radical (unpaired) electrons. The Morgan fingerprint density at radius 3 is 2.67 bits per heavy atom. The van der Waals surface area contributed by atoms with Crippen LogP contribution in [0.5, 0.6) is 0 Å². The summed E-state index contributed by atoms with van der Waals surface area (Å²) in [5.41, 5.74) is 2.78. The minimum Gasteiger partial charge on any atom is -0.385 e. The quantitative estimate of drug-likeness (QED) is 0.323. The predicted octanol–water partition coefficient (Wildman–Crippen LogP) is 3.54. The molecule has 7 heteroatoms. The number of rotatable bonds is 9. The summed E-state index contributed by atoms with van der Waals surface area (Å²) in [4.78, 5) is 30.3. The third-order valence-electron chi connectivity index (χ3n) is 4.80. The molecule has 1 heterocycles. The number of ether oxygens (including phenoxy) is 1. The van der Waals surface area contributed by atoms with Crippen molar-refractivity contribution in [1.82, 2.24) is 14.9 Å². The van der Waals surface area contributed by atoms with Crippen LogP contribution < -0.4 is 10.9 Å². The number of thioether (sulfide) groups is 1. The van der Waals surface area contributed by atoms with Crippen molar-refractivity contribution in [2.45, 2.75) is 43.8 Å². The lowest BCUT2D eigenvalue weighted by Crippen LogP contribution is -2.31. The second kappa shape index (κ2) is 10.4. The fourth-order valence-electron chi connectivity index (χ4n) is 3.05. The molecule has 0 spiro atoms. The summed E-state index contributed by atoms with van der Waals surface area (Å²) in [7, 11) is 1.64. The van der Waals surface area contributed by atoms with Crippen molar-refractivity contribution in [2.75, 3.05) is 13.7 Å². The van der Waals surface area contributed by atoms with E-state index >= 15 is 0 Å². The molecule has 0 bridgehead atoms. The van der Waals surface area contributed by atoms with E-state index in [1.807, 2.05) is 56.3 Å². The van der Waals surface area contributed by atoms with Crippen molar-refractivity contribution in [1.29, 1.82) is 0 Å². The maximum Gasteiger partial charge on any atom is 0.262 e. The summed E-state index contributed by atoms with van der Waals surface area (Å²) in [6.07, 6.45) is 0.692. The SMILES string of the molecule is COCCCn1c(S[C@@H](C)C(=O)NCc2ccc(C)cc2)nc2ccccc2c1=O. The maximum absolute atomic E-state index is 13.0. The number of hydrogen-bond donors (Lipinski definition) is 1. The van der Waals surface area contributed by atoms with Gasteiger partial charge in [0.2, 0.25) is 5.91 Å². The lowest BCUT2D eigenvalue weighted by Gasteiger charge is -2.16. The highest BCUT2D eigenvalue weighted by Gasteiger charge is 2.19. The van der Waals surface area contributed by atoms with Gasteiger partial charge in [0, 0.05) is 26.8 Å². The van der Waals surface area contributed by atoms with E-state index in [1.165, 1.54) is 17.3 Å². The molecule has 3 rings (SSSR count). The second-order valence-corrected chi connectivity index (χ2v) is 8.49. The van der Waals surface area contributed by atoms with Gasteiger partial charge in [0.25, 0.3) is 5.56 Å². The molecule has 0 aliphatic heterocycles. The molecule has 0 saturated heterocycles. The fourth-order valence-corrected chi connectivity index (χ4v) is 4.01. The average molecular weight is 426 g/mol. The molecule has 158 valence electrons. The van der Waals surface area contributed by atoms with Crippen molar-refractivity contribution >= 4 is 28.6 Å². The number of nitrogens with zero attached hydrogens (tertiary/aromatic N) is 2. The van der Waals surface area contributed by atoms with Gasteiger partial charge in [0.15, 0.2) is 5.16 Å². The van der Waals surface area contributed by atoms with Crippen LogP contribution >= 0.6 is 11.8 Å². The summed E-state index contributed by atoms with van der Waals surface area (Å²) in [5.74, 6) is -0.0913. The normalized spacial score (nSPS) is 12.1. The highest BCUT2D eigenvalue weighted by Crippen LogP contribution is 2.23. The van der Waals surface area contributed by atoms with Crippen LogP contribution in [0.25, 0.3) is 10.9 Å². The number of amides is 1. The van der Waals surface area contributed by atoms with Crippen LogP contribution in [-0.4, -0.2) is 34.4 Å². The summed E-state index contributed by atoms with van der Waals surface area (Å²) < 4.78 is 6.77. The lowest BCUT2D eigenvalue weighted by molar-refractivity contribution is -0.120. The number of fused-ring (bicyclic) bond motifs is 1. The Labute approximate surface area is 180 Å². The molecular weight excluding hydrogens is 398 g/mol. The van der Waals surface area contributed by atoms with E-state index in [-0.39, 0.29) is 11.5 Å². The van der Waals surface area contributed by atoms with Crippen molar-refractivity contribution in [3.8, 4) is 0 Å². The van der Waals surface area contributed by atoms with Gasteiger partial charge < -0.3 is 10.1 Å². The topological polar surface area (TPSA) is 73.2 Å². The van der Waals surface area contributed by atoms with Crippen LogP contribution in [0.15, 0.2) is 58.5 Å². The van der Waals surface area contributed by atoms with E-state index in [1.54, 1.807) is 17.7 Å². The molecule has 1 N–H and O–H groups in total. The third kappa shape index (κ3) is 5.49. The molecule has 30 heavy (non-hydrogen) atoms. The third-order valence-corrected chi connectivity index (χ3v) is 5.89. The molecule has 0 fully saturated rings. The van der Waals surface area contributed by atoms with E-state index < -0.39 is 5.25 Å². The summed E-state index contributed by atoms with van der Waals surface area (Å²) in [6, 6.07) is 15.4. The van der Waals surface area contributed by atoms with Gasteiger partial charge in [-0.2, -0.15) is 0 Å². The molecule has 0 saturated carbocycles. The summed E-state index contributed by atoms with van der Waals surface area (Å²) >= 11 is 1.30. The van der Waals surface area contributed by atoms with Crippen LogP contribution in [0.1, 0.15) is 24.5 Å². The highest BCUT2D eigenvalue weighted by molar-refractivity contribution is 8.00. The first kappa shape index (κ1) is 22.1. The van der Waals surface area contributed by atoms with Gasteiger partial charge >= 0.3 is 0 Å². The number of carbonyl (C=O) groups is 1. The van der Waals surface area contributed by atoms with Crippen LogP contribution in [0, 0.1) is 6.92 Å². The molecular formula is C23H27N3O3S. The minimum atomic E-state index is -0.391. The maximum atomic E-state index is 13.0. The van der Waals surface area contributed by atoms with Crippen molar-refractivity contribution in [3.05, 3.63) is 70.0 Å². The zero-order valence-electron chi connectivity index (χ0n) is 17.6. The molecule has 0 unspecified atom stereocenters. The van der Waals surface area contributed by atoms with Crippen LogP contribution in [-0.2, 0) is 22.6 Å². The van der Waals surface area contributed by atoms with E-state index in [9.17, 15) is 9.59 Å². The minimum absolute atomic E-state index is 0.0912. The zero-order chi connectivity index (χ0) is 21.5. The lowest BCUT2D eigenvalue weighted by atomic mass is 10.1. The Bertz CT molecular complexity index is 1060. The van der Waals surface area contributed by atoms with Crippen molar-refractivity contribution < 1.29 is 9.53 Å². The van der Waals surface area contributed by atoms with Crippen LogP contribution in [0.3, 0.4) is 0 Å². The Balaban J connectivity index is 1.76. The molecule has 1 amide bonds. The number of aromatic nitrogens is 2. The Morgan fingerprint density at radius 1 is 1.20 bits per heavy atom. The number of hydrogen-bond acceptors (Lipinski definition) is 5. The first-order valence-electron chi connectivity index (χ1n) is 9.98. The van der Waals surface area contributed by atoms with Crippen molar-refractivity contribution in [3.63, 3.8) is 0 Å². The van der Waals surface area contributed by atoms with Gasteiger partial charge in [-0.05, 0) is 38.0 Å². The Morgan fingerprint density at radius 2 is 1.93 bits per heavy atom. The first-order chi connectivity index (χ1) is 14.5. The zero-order valence-corrected chi connectivity index (χ0v) is 18.4. The number of benzene rings is 2. The predicted molar refractivity (Wildman–Crippen MR) is 121 cm³/mol. The molecule has 1 aromatic heterocycles. The molecule has 3 aromatic rings. The largest absolute Gasteiger partial charge is 0.385 e. The molecule has 6 nitrogen and oxygen atoms in total. The van der Waals surface area contributed by atoms with E-state index in [0.29, 0.717) is 42.2 Å². The summed E-state index contributed by atoms with van der Waals surface area (Å²) in [5, 5.41) is 3.70. The van der Waals surface area contributed by atoms with Gasteiger partial charge in [-0.1, -0.05) is 53.7 Å². The second-order valence-electron chi connectivity index (χ2n) is 7.18. The van der Waals surface area contributed by atoms with Crippen LogP contribution in [0.4, 0.5) is 0 Å². The van der Waals surface area contributed by atoms with E-state index in [2.05, 4.69) is 10.3 Å². The number of para-hydroxylation sites is 1. The van der Waals surface area contributed by atoms with Gasteiger partial charge in [-0.15, -0.1) is 0 Å².